The topological polar surface area (TPSA) is 60.3 Å². The molecule has 0 aliphatic carbocycles. The monoisotopic (exact) mass is 326 g/mol. The third kappa shape index (κ3) is 3.85. The minimum atomic E-state index is -0.0694. The van der Waals surface area contributed by atoms with Crippen molar-refractivity contribution in [1.29, 1.82) is 0 Å². The van der Waals surface area contributed by atoms with Crippen molar-refractivity contribution in [3.8, 4) is 5.75 Å². The number of ether oxygens (including phenoxy) is 1. The van der Waals surface area contributed by atoms with Crippen LogP contribution >= 0.6 is 0 Å². The Hall–Kier alpha value is -2.56. The van der Waals surface area contributed by atoms with E-state index in [2.05, 4.69) is 11.4 Å². The number of nitrogens with zero attached hydrogens (tertiary/aromatic N) is 1. The molecule has 0 saturated carbocycles. The van der Waals surface area contributed by atoms with Crippen molar-refractivity contribution in [1.82, 2.24) is 9.88 Å². The number of hydrogen-bond donors (Lipinski definition) is 1. The van der Waals surface area contributed by atoms with Gasteiger partial charge in [-0.05, 0) is 31.0 Å². The first-order chi connectivity index (χ1) is 11.6. The summed E-state index contributed by atoms with van der Waals surface area (Å²) in [6.07, 6.45) is 1.21. The average molecular weight is 326 g/mol. The maximum Gasteiger partial charge on any atom is 0.250 e. The highest BCUT2D eigenvalue weighted by Gasteiger charge is 2.19. The standard InChI is InChI=1S/C19H22N2O3/c1-14-5-4-8-19(23)21(14)10-9-18(22)20-12-15-11-16-6-2-3-7-17(16)24-13-15/h2-8,15H,9-13H2,1H3,(H,20,22)/t15-/m1/s1. The number of fused-ring (bicyclic) bond motifs is 1. The van der Waals surface area contributed by atoms with E-state index >= 15 is 0 Å². The van der Waals surface area contributed by atoms with Crippen LogP contribution in [0.3, 0.4) is 0 Å². The average Bonchev–Trinajstić information content (AvgIpc) is 2.59. The Morgan fingerprint density at radius 1 is 1.25 bits per heavy atom. The molecular weight excluding hydrogens is 304 g/mol. The number of hydrogen-bond acceptors (Lipinski definition) is 3. The van der Waals surface area contributed by atoms with Crippen LogP contribution in [0, 0.1) is 12.8 Å². The normalized spacial score (nSPS) is 16.1. The van der Waals surface area contributed by atoms with Gasteiger partial charge in [-0.2, -0.15) is 0 Å². The van der Waals surface area contributed by atoms with Crippen LogP contribution in [0.5, 0.6) is 5.75 Å². The third-order valence-corrected chi connectivity index (χ3v) is 4.37. The number of amides is 1. The van der Waals surface area contributed by atoms with E-state index in [9.17, 15) is 9.59 Å². The summed E-state index contributed by atoms with van der Waals surface area (Å²) in [7, 11) is 0. The molecule has 1 aliphatic heterocycles. The molecule has 0 spiro atoms. The third-order valence-electron chi connectivity index (χ3n) is 4.37. The Bertz CT molecular complexity index is 782. The zero-order chi connectivity index (χ0) is 16.9. The smallest absolute Gasteiger partial charge is 0.250 e. The summed E-state index contributed by atoms with van der Waals surface area (Å²) in [5.74, 6) is 1.19. The fourth-order valence-electron chi connectivity index (χ4n) is 2.99. The van der Waals surface area contributed by atoms with Gasteiger partial charge in [-0.1, -0.05) is 24.3 Å². The molecule has 5 heteroatoms. The number of para-hydroxylation sites is 1. The minimum Gasteiger partial charge on any atom is -0.493 e. The van der Waals surface area contributed by atoms with Gasteiger partial charge in [-0.15, -0.1) is 0 Å². The van der Waals surface area contributed by atoms with Crippen LogP contribution in [-0.2, 0) is 17.8 Å². The molecule has 5 nitrogen and oxygen atoms in total. The lowest BCUT2D eigenvalue weighted by molar-refractivity contribution is -0.121. The molecule has 1 atom stereocenters. The largest absolute Gasteiger partial charge is 0.493 e. The number of aryl methyl sites for hydroxylation is 1. The lowest BCUT2D eigenvalue weighted by Gasteiger charge is -2.25. The summed E-state index contributed by atoms with van der Waals surface area (Å²) < 4.78 is 7.36. The van der Waals surface area contributed by atoms with Crippen molar-refractivity contribution in [2.45, 2.75) is 26.3 Å². The van der Waals surface area contributed by atoms with Crippen LogP contribution in [0.4, 0.5) is 0 Å². The zero-order valence-corrected chi connectivity index (χ0v) is 13.8. The summed E-state index contributed by atoms with van der Waals surface area (Å²) in [5, 5.41) is 2.96. The molecule has 3 rings (SSSR count). The first-order valence-corrected chi connectivity index (χ1v) is 8.27. The predicted octanol–water partition coefficient (Wildman–Crippen LogP) is 1.91. The number of aromatic nitrogens is 1. The van der Waals surface area contributed by atoms with Gasteiger partial charge in [0.05, 0.1) is 6.61 Å². The van der Waals surface area contributed by atoms with Gasteiger partial charge in [0.1, 0.15) is 5.75 Å². The van der Waals surface area contributed by atoms with Gasteiger partial charge >= 0.3 is 0 Å². The van der Waals surface area contributed by atoms with Gasteiger partial charge in [0.25, 0.3) is 5.56 Å². The molecule has 0 saturated heterocycles. The fourth-order valence-corrected chi connectivity index (χ4v) is 2.99. The second kappa shape index (κ2) is 7.34. The van der Waals surface area contributed by atoms with Crippen molar-refractivity contribution in [2.75, 3.05) is 13.2 Å². The second-order valence-corrected chi connectivity index (χ2v) is 6.20. The quantitative estimate of drug-likeness (QED) is 0.913. The van der Waals surface area contributed by atoms with E-state index in [-0.39, 0.29) is 17.4 Å². The molecule has 1 aromatic heterocycles. The maximum atomic E-state index is 12.1. The van der Waals surface area contributed by atoms with Gasteiger partial charge in [-0.3, -0.25) is 9.59 Å². The Morgan fingerprint density at radius 3 is 2.92 bits per heavy atom. The van der Waals surface area contributed by atoms with Crippen molar-refractivity contribution in [3.05, 3.63) is 64.1 Å². The summed E-state index contributed by atoms with van der Waals surface area (Å²) in [6, 6.07) is 13.1. The van der Waals surface area contributed by atoms with E-state index in [1.54, 1.807) is 10.6 Å². The van der Waals surface area contributed by atoms with E-state index < -0.39 is 0 Å². The molecule has 0 radical (unpaired) electrons. The second-order valence-electron chi connectivity index (χ2n) is 6.20. The maximum absolute atomic E-state index is 12.1. The van der Waals surface area contributed by atoms with Gasteiger partial charge in [0.2, 0.25) is 5.91 Å². The number of carbonyl (C=O) groups excluding carboxylic acids is 1. The van der Waals surface area contributed by atoms with E-state index in [0.717, 1.165) is 17.9 Å². The van der Waals surface area contributed by atoms with E-state index in [1.165, 1.54) is 11.6 Å². The number of carbonyl (C=O) groups is 1. The minimum absolute atomic E-state index is 0.0380. The molecule has 24 heavy (non-hydrogen) atoms. The SMILES string of the molecule is Cc1cccc(=O)n1CCC(=O)NC[C@@H]1COc2ccccc2C1. The molecule has 2 heterocycles. The molecular formula is C19H22N2O3. The Kier molecular flexibility index (Phi) is 4.99. The van der Waals surface area contributed by atoms with Crippen LogP contribution < -0.4 is 15.6 Å². The Morgan fingerprint density at radius 2 is 2.08 bits per heavy atom. The van der Waals surface area contributed by atoms with Gasteiger partial charge in [-0.25, -0.2) is 0 Å². The number of nitrogens with one attached hydrogen (secondary N) is 1. The van der Waals surface area contributed by atoms with Crippen LogP contribution in [0.25, 0.3) is 0 Å². The molecule has 0 unspecified atom stereocenters. The van der Waals surface area contributed by atoms with Gasteiger partial charge in [0.15, 0.2) is 0 Å². The molecule has 1 aliphatic rings. The van der Waals surface area contributed by atoms with Crippen LogP contribution in [0.2, 0.25) is 0 Å². The van der Waals surface area contributed by atoms with E-state index in [0.29, 0.717) is 26.1 Å². The highest BCUT2D eigenvalue weighted by molar-refractivity contribution is 5.75. The molecule has 0 fully saturated rings. The lowest BCUT2D eigenvalue weighted by Crippen LogP contribution is -2.35. The fraction of sp³-hybridized carbons (Fsp3) is 0.368. The van der Waals surface area contributed by atoms with Gasteiger partial charge < -0.3 is 14.6 Å². The molecule has 2 aromatic rings. The lowest BCUT2D eigenvalue weighted by atomic mass is 9.97. The van der Waals surface area contributed by atoms with Crippen molar-refractivity contribution >= 4 is 5.91 Å². The molecule has 1 aromatic carbocycles. The van der Waals surface area contributed by atoms with E-state index in [1.807, 2.05) is 31.2 Å². The molecule has 126 valence electrons. The number of rotatable bonds is 5. The Labute approximate surface area is 141 Å². The number of benzene rings is 1. The van der Waals surface area contributed by atoms with Crippen LogP contribution in [0.15, 0.2) is 47.3 Å². The highest BCUT2D eigenvalue weighted by atomic mass is 16.5. The summed E-state index contributed by atoms with van der Waals surface area (Å²) in [4.78, 5) is 23.8. The first-order valence-electron chi connectivity index (χ1n) is 8.27. The summed E-state index contributed by atoms with van der Waals surface area (Å²) in [6.45, 7) is 3.49. The van der Waals surface area contributed by atoms with Crippen molar-refractivity contribution in [2.24, 2.45) is 5.92 Å². The zero-order valence-electron chi connectivity index (χ0n) is 13.8. The molecule has 1 amide bonds. The Balaban J connectivity index is 1.47. The predicted molar refractivity (Wildman–Crippen MR) is 92.2 cm³/mol. The van der Waals surface area contributed by atoms with Crippen LogP contribution in [0.1, 0.15) is 17.7 Å². The first kappa shape index (κ1) is 16.3. The van der Waals surface area contributed by atoms with E-state index in [4.69, 9.17) is 4.74 Å². The highest BCUT2D eigenvalue weighted by Crippen LogP contribution is 2.26. The van der Waals surface area contributed by atoms with Gasteiger partial charge in [0, 0.05) is 37.2 Å². The summed E-state index contributed by atoms with van der Waals surface area (Å²) >= 11 is 0. The van der Waals surface area contributed by atoms with Crippen molar-refractivity contribution < 1.29 is 9.53 Å². The molecule has 0 bridgehead atoms. The van der Waals surface area contributed by atoms with Crippen molar-refractivity contribution in [3.63, 3.8) is 0 Å². The van der Waals surface area contributed by atoms with Crippen LogP contribution in [-0.4, -0.2) is 23.6 Å². The number of pyridine rings is 1. The molecule has 1 N–H and O–H groups in total. The summed E-state index contributed by atoms with van der Waals surface area (Å²) in [5.41, 5.74) is 1.99.